The lowest BCUT2D eigenvalue weighted by Crippen LogP contribution is -2.31. The van der Waals surface area contributed by atoms with Crippen LogP contribution in [0.1, 0.15) is 66.3 Å². The van der Waals surface area contributed by atoms with Crippen molar-refractivity contribution in [2.45, 2.75) is 51.1 Å². The SMILES string of the molecule is Cn1ncnc1C(NC(=O)c1ccc(CN2CCCCCC2)cc1)C1CC1. The number of aromatic nitrogens is 3. The van der Waals surface area contributed by atoms with Crippen molar-refractivity contribution in [2.24, 2.45) is 13.0 Å². The predicted octanol–water partition coefficient (Wildman–Crippen LogP) is 3.07. The van der Waals surface area contributed by atoms with Crippen LogP contribution in [0.4, 0.5) is 0 Å². The highest BCUT2D eigenvalue weighted by Gasteiger charge is 2.36. The number of nitrogens with zero attached hydrogens (tertiary/aromatic N) is 4. The van der Waals surface area contributed by atoms with Gasteiger partial charge < -0.3 is 5.32 Å². The molecule has 27 heavy (non-hydrogen) atoms. The van der Waals surface area contributed by atoms with E-state index in [4.69, 9.17) is 0 Å². The van der Waals surface area contributed by atoms with Crippen LogP contribution in [-0.4, -0.2) is 38.7 Å². The summed E-state index contributed by atoms with van der Waals surface area (Å²) in [6.45, 7) is 3.34. The van der Waals surface area contributed by atoms with Crippen molar-refractivity contribution in [3.05, 3.63) is 47.5 Å². The Morgan fingerprint density at radius 3 is 2.44 bits per heavy atom. The largest absolute Gasteiger partial charge is 0.342 e. The third kappa shape index (κ3) is 4.56. The molecule has 0 spiro atoms. The van der Waals surface area contributed by atoms with Gasteiger partial charge in [-0.05, 0) is 62.4 Å². The summed E-state index contributed by atoms with van der Waals surface area (Å²) in [6.07, 6.45) is 9.11. The fraction of sp³-hybridized carbons (Fsp3) is 0.571. The summed E-state index contributed by atoms with van der Waals surface area (Å²) in [5.74, 6) is 1.28. The zero-order valence-electron chi connectivity index (χ0n) is 16.1. The van der Waals surface area contributed by atoms with Gasteiger partial charge in [0, 0.05) is 19.2 Å². The van der Waals surface area contributed by atoms with E-state index in [0.717, 1.165) is 25.2 Å². The summed E-state index contributed by atoms with van der Waals surface area (Å²) in [7, 11) is 1.88. The van der Waals surface area contributed by atoms with Gasteiger partial charge in [0.15, 0.2) is 0 Å². The lowest BCUT2D eigenvalue weighted by Gasteiger charge is -2.20. The van der Waals surface area contributed by atoms with Crippen molar-refractivity contribution >= 4 is 5.91 Å². The zero-order chi connectivity index (χ0) is 18.6. The molecule has 1 aromatic heterocycles. The van der Waals surface area contributed by atoms with Gasteiger partial charge in [-0.15, -0.1) is 0 Å². The van der Waals surface area contributed by atoms with Gasteiger partial charge in [-0.2, -0.15) is 5.10 Å². The van der Waals surface area contributed by atoms with Crippen molar-refractivity contribution in [1.29, 1.82) is 0 Å². The molecule has 1 saturated carbocycles. The van der Waals surface area contributed by atoms with Crippen molar-refractivity contribution in [2.75, 3.05) is 13.1 Å². The quantitative estimate of drug-likeness (QED) is 0.852. The Bertz CT molecular complexity index is 757. The van der Waals surface area contributed by atoms with Gasteiger partial charge in [-0.3, -0.25) is 14.4 Å². The van der Waals surface area contributed by atoms with Crippen molar-refractivity contribution in [3.8, 4) is 0 Å². The first kappa shape index (κ1) is 18.2. The third-order valence-corrected chi connectivity index (χ3v) is 5.73. The van der Waals surface area contributed by atoms with E-state index in [1.54, 1.807) is 11.0 Å². The summed E-state index contributed by atoms with van der Waals surface area (Å²) in [5, 5.41) is 7.33. The van der Waals surface area contributed by atoms with Crippen molar-refractivity contribution in [1.82, 2.24) is 25.0 Å². The number of rotatable bonds is 6. The fourth-order valence-corrected chi connectivity index (χ4v) is 3.95. The van der Waals surface area contributed by atoms with Gasteiger partial charge >= 0.3 is 0 Å². The van der Waals surface area contributed by atoms with E-state index < -0.39 is 0 Å². The maximum atomic E-state index is 12.8. The second-order valence-corrected chi connectivity index (χ2v) is 7.92. The summed E-state index contributed by atoms with van der Waals surface area (Å²) in [5.41, 5.74) is 1.99. The lowest BCUT2D eigenvalue weighted by atomic mass is 10.1. The van der Waals surface area contributed by atoms with Crippen molar-refractivity contribution in [3.63, 3.8) is 0 Å². The number of likely N-dealkylation sites (tertiary alicyclic amines) is 1. The Morgan fingerprint density at radius 2 is 1.85 bits per heavy atom. The van der Waals surface area contributed by atoms with E-state index in [9.17, 15) is 4.79 Å². The van der Waals surface area contributed by atoms with Crippen LogP contribution < -0.4 is 5.32 Å². The maximum absolute atomic E-state index is 12.8. The molecule has 1 aromatic carbocycles. The first-order valence-electron chi connectivity index (χ1n) is 10.2. The van der Waals surface area contributed by atoms with E-state index in [0.29, 0.717) is 11.5 Å². The Kier molecular flexibility index (Phi) is 5.53. The number of amides is 1. The monoisotopic (exact) mass is 367 g/mol. The van der Waals surface area contributed by atoms with Crippen LogP contribution in [-0.2, 0) is 13.6 Å². The Balaban J connectivity index is 1.39. The van der Waals surface area contributed by atoms with E-state index >= 15 is 0 Å². The molecule has 0 radical (unpaired) electrons. The molecule has 1 aliphatic heterocycles. The standard InChI is InChI=1S/C21H29N5O/c1-25-20(22-15-23-25)19(17-10-11-17)24-21(27)18-8-6-16(7-9-18)14-26-12-4-2-3-5-13-26/h6-9,15,17,19H,2-5,10-14H2,1H3,(H,24,27). The summed E-state index contributed by atoms with van der Waals surface area (Å²) >= 11 is 0. The molecule has 1 aliphatic carbocycles. The molecule has 1 N–H and O–H groups in total. The maximum Gasteiger partial charge on any atom is 0.251 e. The molecule has 1 amide bonds. The van der Waals surface area contributed by atoms with Crippen LogP contribution in [0.5, 0.6) is 0 Å². The first-order valence-corrected chi connectivity index (χ1v) is 10.2. The second-order valence-electron chi connectivity index (χ2n) is 7.92. The molecule has 0 bridgehead atoms. The van der Waals surface area contributed by atoms with Crippen LogP contribution in [0.2, 0.25) is 0 Å². The average molecular weight is 367 g/mol. The minimum absolute atomic E-state index is 0.0313. The number of hydrogen-bond donors (Lipinski definition) is 1. The number of carbonyl (C=O) groups is 1. The van der Waals surface area contributed by atoms with Crippen LogP contribution >= 0.6 is 0 Å². The van der Waals surface area contributed by atoms with Crippen LogP contribution in [0.15, 0.2) is 30.6 Å². The lowest BCUT2D eigenvalue weighted by molar-refractivity contribution is 0.0928. The molecule has 4 rings (SSSR count). The molecule has 2 fully saturated rings. The first-order chi connectivity index (χ1) is 13.2. The van der Waals surface area contributed by atoms with E-state index in [1.807, 2.05) is 19.2 Å². The molecule has 2 heterocycles. The van der Waals surface area contributed by atoms with Gasteiger partial charge in [-0.25, -0.2) is 4.98 Å². The molecule has 2 aromatic rings. The van der Waals surface area contributed by atoms with Crippen molar-refractivity contribution < 1.29 is 4.79 Å². The summed E-state index contributed by atoms with van der Waals surface area (Å²) in [4.78, 5) is 19.6. The molecular formula is C21H29N5O. The van der Waals surface area contributed by atoms with E-state index in [1.165, 1.54) is 44.3 Å². The molecule has 1 saturated heterocycles. The van der Waals surface area contributed by atoms with Gasteiger partial charge in [0.25, 0.3) is 5.91 Å². The van der Waals surface area contributed by atoms with Crippen LogP contribution in [0.25, 0.3) is 0 Å². The van der Waals surface area contributed by atoms with Gasteiger partial charge in [0.2, 0.25) is 0 Å². The van der Waals surface area contributed by atoms with E-state index in [-0.39, 0.29) is 11.9 Å². The Labute approximate surface area is 161 Å². The van der Waals surface area contributed by atoms with Gasteiger partial charge in [0.1, 0.15) is 12.2 Å². The number of hydrogen-bond acceptors (Lipinski definition) is 4. The summed E-state index contributed by atoms with van der Waals surface area (Å²) in [6, 6.07) is 8.02. The minimum Gasteiger partial charge on any atom is -0.342 e. The van der Waals surface area contributed by atoms with Crippen LogP contribution in [0.3, 0.4) is 0 Å². The summed E-state index contributed by atoms with van der Waals surface area (Å²) < 4.78 is 1.76. The highest BCUT2D eigenvalue weighted by molar-refractivity contribution is 5.94. The molecule has 6 heteroatoms. The topological polar surface area (TPSA) is 63.1 Å². The molecule has 2 aliphatic rings. The second kappa shape index (κ2) is 8.21. The fourth-order valence-electron chi connectivity index (χ4n) is 3.95. The number of nitrogens with one attached hydrogen (secondary N) is 1. The highest BCUT2D eigenvalue weighted by Crippen LogP contribution is 2.40. The predicted molar refractivity (Wildman–Crippen MR) is 104 cm³/mol. The van der Waals surface area contributed by atoms with Gasteiger partial charge in [0.05, 0.1) is 6.04 Å². The Morgan fingerprint density at radius 1 is 1.15 bits per heavy atom. The number of aryl methyl sites for hydroxylation is 1. The molecule has 144 valence electrons. The van der Waals surface area contributed by atoms with Crippen LogP contribution in [0, 0.1) is 5.92 Å². The third-order valence-electron chi connectivity index (χ3n) is 5.73. The normalized spacial score (nSPS) is 19.4. The average Bonchev–Trinajstić information content (AvgIpc) is 3.47. The molecule has 1 atom stereocenters. The smallest absolute Gasteiger partial charge is 0.251 e. The van der Waals surface area contributed by atoms with Gasteiger partial charge in [-0.1, -0.05) is 25.0 Å². The molecule has 6 nitrogen and oxygen atoms in total. The zero-order valence-corrected chi connectivity index (χ0v) is 16.1. The highest BCUT2D eigenvalue weighted by atomic mass is 16.1. The Hall–Kier alpha value is -2.21. The molecular weight excluding hydrogens is 338 g/mol. The number of carbonyl (C=O) groups excluding carboxylic acids is 1. The number of benzene rings is 1. The van der Waals surface area contributed by atoms with E-state index in [2.05, 4.69) is 32.4 Å². The molecule has 1 unspecified atom stereocenters. The minimum atomic E-state index is -0.0539.